The number of hydrogen-bond acceptors (Lipinski definition) is 10. The molecular weight excluding hydrogens is 514 g/mol. The van der Waals surface area contributed by atoms with Gasteiger partial charge in [-0.25, -0.2) is 0 Å². The third-order valence-corrected chi connectivity index (χ3v) is 7.41. The maximum Gasteiger partial charge on any atom is 0.296 e. The van der Waals surface area contributed by atoms with Crippen molar-refractivity contribution in [1.82, 2.24) is 0 Å². The lowest BCUT2D eigenvalue weighted by molar-refractivity contribution is 0.0977. The minimum Gasteiger partial charge on any atom is -0.496 e. The number of carbonyl (C=O) groups excluding carboxylic acids is 2. The number of anilines is 3. The zero-order chi connectivity index (χ0) is 26.6. The van der Waals surface area contributed by atoms with Gasteiger partial charge in [0.15, 0.2) is 11.6 Å². The zero-order valence-electron chi connectivity index (χ0n) is 18.5. The summed E-state index contributed by atoms with van der Waals surface area (Å²) in [7, 11) is -8.50. The van der Waals surface area contributed by atoms with Gasteiger partial charge in [-0.1, -0.05) is 12.1 Å². The van der Waals surface area contributed by atoms with Gasteiger partial charge in [0.2, 0.25) is 0 Å². The van der Waals surface area contributed by atoms with Crippen LogP contribution in [0, 0.1) is 0 Å². The molecule has 0 spiro atoms. The summed E-state index contributed by atoms with van der Waals surface area (Å²) < 4.78 is 72.5. The van der Waals surface area contributed by atoms with Gasteiger partial charge in [0.1, 0.15) is 15.5 Å². The van der Waals surface area contributed by atoms with E-state index in [4.69, 9.17) is 16.2 Å². The van der Waals surface area contributed by atoms with Crippen molar-refractivity contribution in [2.24, 2.45) is 5.73 Å². The molecule has 0 radical (unpaired) electrons. The second-order valence-corrected chi connectivity index (χ2v) is 10.5. The Morgan fingerprint density at radius 2 is 1.56 bits per heavy atom. The molecule has 3 aromatic rings. The standard InChI is InChI=1S/C22H19N3O9S2/c1-34-14-6-5-11(7-10(14)9-23)25-13-8-16(36(31,32)33)20(24)19-18(13)21(26)12-3-2-4-15(35(28,29)30)17(12)22(19)27/h2-8,25H,9,23-24H2,1H3,(H,28,29,30)(H,31,32,33). The molecule has 12 nitrogen and oxygen atoms in total. The van der Waals surface area contributed by atoms with E-state index in [9.17, 15) is 35.5 Å². The number of methoxy groups -OCH3 is 1. The molecule has 0 unspecified atom stereocenters. The summed E-state index contributed by atoms with van der Waals surface area (Å²) in [5, 5.41) is 2.84. The van der Waals surface area contributed by atoms with Gasteiger partial charge < -0.3 is 21.5 Å². The Morgan fingerprint density at radius 1 is 0.889 bits per heavy atom. The fraction of sp³-hybridized carbons (Fsp3) is 0.0909. The van der Waals surface area contributed by atoms with Crippen molar-refractivity contribution in [3.63, 3.8) is 0 Å². The van der Waals surface area contributed by atoms with Crippen LogP contribution in [0.25, 0.3) is 0 Å². The fourth-order valence-electron chi connectivity index (χ4n) is 4.06. The number of carbonyl (C=O) groups is 2. The van der Waals surface area contributed by atoms with E-state index in [-0.39, 0.29) is 23.4 Å². The Kier molecular flexibility index (Phi) is 6.10. The molecule has 1 aliphatic rings. The lowest BCUT2D eigenvalue weighted by Crippen LogP contribution is -2.27. The quantitative estimate of drug-likeness (QED) is 0.177. The topological polar surface area (TPSA) is 216 Å². The first-order chi connectivity index (χ1) is 16.8. The van der Waals surface area contributed by atoms with Gasteiger partial charge in [-0.2, -0.15) is 16.8 Å². The van der Waals surface area contributed by atoms with Gasteiger partial charge in [0, 0.05) is 23.4 Å². The van der Waals surface area contributed by atoms with E-state index in [1.807, 2.05) is 0 Å². The SMILES string of the molecule is COc1ccc(Nc2cc(S(=O)(=O)O)c(N)c3c2C(=O)c2cccc(S(=O)(=O)O)c2C3=O)cc1CN. The van der Waals surface area contributed by atoms with Crippen LogP contribution in [-0.4, -0.2) is 44.6 Å². The average molecular weight is 534 g/mol. The van der Waals surface area contributed by atoms with Crippen LogP contribution in [0.5, 0.6) is 5.75 Å². The molecule has 0 aromatic heterocycles. The summed E-state index contributed by atoms with van der Waals surface area (Å²) in [5.74, 6) is -1.52. The molecule has 0 fully saturated rings. The summed E-state index contributed by atoms with van der Waals surface area (Å²) in [4.78, 5) is 25.2. The third-order valence-electron chi connectivity index (χ3n) is 5.62. The molecular formula is C22H19N3O9S2. The molecule has 0 saturated carbocycles. The van der Waals surface area contributed by atoms with E-state index in [0.717, 1.165) is 18.2 Å². The predicted molar refractivity (Wildman–Crippen MR) is 128 cm³/mol. The Bertz CT molecular complexity index is 1680. The van der Waals surface area contributed by atoms with Crippen molar-refractivity contribution in [3.05, 3.63) is 70.3 Å². The molecule has 0 amide bonds. The van der Waals surface area contributed by atoms with E-state index in [2.05, 4.69) is 5.32 Å². The monoisotopic (exact) mass is 533 g/mol. The summed E-state index contributed by atoms with van der Waals surface area (Å²) in [6.45, 7) is 0.0814. The molecule has 188 valence electrons. The van der Waals surface area contributed by atoms with Gasteiger partial charge in [-0.15, -0.1) is 0 Å². The van der Waals surface area contributed by atoms with Crippen LogP contribution in [0.4, 0.5) is 17.1 Å². The first-order valence-electron chi connectivity index (χ1n) is 10.1. The smallest absolute Gasteiger partial charge is 0.296 e. The highest BCUT2D eigenvalue weighted by atomic mass is 32.2. The molecule has 0 saturated heterocycles. The Labute approximate surface area is 205 Å². The van der Waals surface area contributed by atoms with Gasteiger partial charge in [-0.05, 0) is 30.3 Å². The van der Waals surface area contributed by atoms with E-state index >= 15 is 0 Å². The van der Waals surface area contributed by atoms with Crippen LogP contribution in [-0.2, 0) is 26.8 Å². The molecule has 0 atom stereocenters. The summed E-state index contributed by atoms with van der Waals surface area (Å²) in [6, 6.07) is 8.82. The maximum absolute atomic E-state index is 13.5. The van der Waals surface area contributed by atoms with Crippen LogP contribution in [0.2, 0.25) is 0 Å². The highest BCUT2D eigenvalue weighted by molar-refractivity contribution is 7.86. The average Bonchev–Trinajstić information content (AvgIpc) is 2.81. The maximum atomic E-state index is 13.5. The molecule has 7 N–H and O–H groups in total. The lowest BCUT2D eigenvalue weighted by Gasteiger charge is -2.24. The second kappa shape index (κ2) is 8.69. The first-order valence-corrected chi connectivity index (χ1v) is 13.0. The highest BCUT2D eigenvalue weighted by Gasteiger charge is 2.39. The van der Waals surface area contributed by atoms with Gasteiger partial charge in [0.05, 0.1) is 35.2 Å². The Morgan fingerprint density at radius 3 is 2.14 bits per heavy atom. The van der Waals surface area contributed by atoms with Gasteiger partial charge >= 0.3 is 0 Å². The van der Waals surface area contributed by atoms with Crippen molar-refractivity contribution in [3.8, 4) is 5.75 Å². The third kappa shape index (κ3) is 4.10. The van der Waals surface area contributed by atoms with E-state index < -0.39 is 58.4 Å². The van der Waals surface area contributed by atoms with E-state index in [0.29, 0.717) is 17.0 Å². The summed E-state index contributed by atoms with van der Waals surface area (Å²) in [5.41, 5.74) is 9.56. The van der Waals surface area contributed by atoms with E-state index in [1.54, 1.807) is 12.1 Å². The van der Waals surface area contributed by atoms with Crippen LogP contribution < -0.4 is 21.5 Å². The normalized spacial score (nSPS) is 13.2. The van der Waals surface area contributed by atoms with Gasteiger partial charge in [-0.3, -0.25) is 18.7 Å². The van der Waals surface area contributed by atoms with Crippen molar-refractivity contribution >= 4 is 48.9 Å². The minimum atomic E-state index is -5.00. The molecule has 0 bridgehead atoms. The number of fused-ring (bicyclic) bond motifs is 2. The zero-order valence-corrected chi connectivity index (χ0v) is 20.1. The predicted octanol–water partition coefficient (Wildman–Crippen LogP) is 1.75. The fourth-order valence-corrected chi connectivity index (χ4v) is 5.42. The van der Waals surface area contributed by atoms with Crippen molar-refractivity contribution in [2.75, 3.05) is 18.2 Å². The van der Waals surface area contributed by atoms with Crippen LogP contribution in [0.1, 0.15) is 37.4 Å². The number of rotatable bonds is 6. The van der Waals surface area contributed by atoms with Crippen LogP contribution in [0.3, 0.4) is 0 Å². The number of nitrogen functional groups attached to an aromatic ring is 1. The summed E-state index contributed by atoms with van der Waals surface area (Å²) >= 11 is 0. The molecule has 4 rings (SSSR count). The number of nitrogens with two attached hydrogens (primary N) is 2. The van der Waals surface area contributed by atoms with Gasteiger partial charge in [0.25, 0.3) is 20.2 Å². The molecule has 3 aromatic carbocycles. The number of ketones is 2. The van der Waals surface area contributed by atoms with Crippen molar-refractivity contribution in [1.29, 1.82) is 0 Å². The Hall–Kier alpha value is -3.82. The highest BCUT2D eigenvalue weighted by Crippen LogP contribution is 2.41. The first kappa shape index (κ1) is 25.3. The van der Waals surface area contributed by atoms with Crippen LogP contribution >= 0.6 is 0 Å². The van der Waals surface area contributed by atoms with E-state index in [1.165, 1.54) is 19.2 Å². The van der Waals surface area contributed by atoms with Crippen molar-refractivity contribution in [2.45, 2.75) is 16.3 Å². The second-order valence-electron chi connectivity index (χ2n) is 7.73. The molecule has 0 aliphatic heterocycles. The molecule has 1 aliphatic carbocycles. The number of ether oxygens (including phenoxy) is 1. The summed E-state index contributed by atoms with van der Waals surface area (Å²) in [6.07, 6.45) is 0. The largest absolute Gasteiger partial charge is 0.496 e. The van der Waals surface area contributed by atoms with Crippen molar-refractivity contribution < 1.29 is 40.3 Å². The minimum absolute atomic E-state index is 0.0814. The molecule has 14 heteroatoms. The number of nitrogens with one attached hydrogen (secondary N) is 1. The molecule has 36 heavy (non-hydrogen) atoms. The lowest BCUT2D eigenvalue weighted by atomic mass is 9.82. The number of benzene rings is 3. The Balaban J connectivity index is 2.03. The molecule has 0 heterocycles. The number of hydrogen-bond donors (Lipinski definition) is 5. The van der Waals surface area contributed by atoms with Crippen LogP contribution in [0.15, 0.2) is 52.3 Å².